The van der Waals surface area contributed by atoms with Crippen molar-refractivity contribution in [2.24, 2.45) is 4.99 Å². The van der Waals surface area contributed by atoms with Crippen molar-refractivity contribution in [1.82, 2.24) is 15.5 Å². The Morgan fingerprint density at radius 3 is 3.12 bits per heavy atom. The van der Waals surface area contributed by atoms with Gasteiger partial charge in [-0.2, -0.15) is 4.98 Å². The first kappa shape index (κ1) is 10.1. The summed E-state index contributed by atoms with van der Waals surface area (Å²) < 4.78 is 4.67. The van der Waals surface area contributed by atoms with Crippen LogP contribution in [0, 0.1) is 0 Å². The van der Waals surface area contributed by atoms with Crippen LogP contribution in [0.15, 0.2) is 15.9 Å². The molecule has 2 aliphatic rings. The molecule has 1 saturated heterocycles. The van der Waals surface area contributed by atoms with Gasteiger partial charge in [0.15, 0.2) is 11.0 Å². The predicted octanol–water partition coefficient (Wildman–Crippen LogP) is 1.57. The average Bonchev–Trinajstić information content (AvgIpc) is 3.01. The maximum Gasteiger partial charge on any atom is 0.213 e. The van der Waals surface area contributed by atoms with Crippen LogP contribution in [0.2, 0.25) is 0 Å². The molecule has 0 unspecified atom stereocenters. The van der Waals surface area contributed by atoms with Crippen LogP contribution in [-0.4, -0.2) is 26.6 Å². The van der Waals surface area contributed by atoms with Gasteiger partial charge in [0.2, 0.25) is 6.39 Å². The van der Waals surface area contributed by atoms with Crippen LogP contribution in [0.25, 0.3) is 0 Å². The normalized spacial score (nSPS) is 25.4. The van der Waals surface area contributed by atoms with E-state index in [1.807, 2.05) is 11.8 Å². The van der Waals surface area contributed by atoms with E-state index in [-0.39, 0.29) is 0 Å². The van der Waals surface area contributed by atoms with E-state index < -0.39 is 0 Å². The zero-order valence-corrected chi connectivity index (χ0v) is 9.79. The van der Waals surface area contributed by atoms with Crippen molar-refractivity contribution in [3.63, 3.8) is 0 Å². The summed E-state index contributed by atoms with van der Waals surface area (Å²) in [6.45, 7) is 0.502. The molecule has 0 atom stereocenters. The SMILES string of the molecule is c1nc(CN=C2NC3(CCCC3)CS2)no1. The highest BCUT2D eigenvalue weighted by atomic mass is 32.2. The van der Waals surface area contributed by atoms with Crippen molar-refractivity contribution in [1.29, 1.82) is 0 Å². The molecule has 1 spiro atoms. The highest BCUT2D eigenvalue weighted by Crippen LogP contribution is 2.37. The molecule has 1 aromatic heterocycles. The molecule has 0 aromatic carbocycles. The van der Waals surface area contributed by atoms with Gasteiger partial charge in [0, 0.05) is 11.3 Å². The smallest absolute Gasteiger partial charge is 0.213 e. The second kappa shape index (κ2) is 4.08. The summed E-state index contributed by atoms with van der Waals surface area (Å²) in [7, 11) is 0. The van der Waals surface area contributed by atoms with Gasteiger partial charge in [-0.1, -0.05) is 29.8 Å². The van der Waals surface area contributed by atoms with Crippen molar-refractivity contribution in [2.45, 2.75) is 37.8 Å². The van der Waals surface area contributed by atoms with Crippen LogP contribution < -0.4 is 5.32 Å². The van der Waals surface area contributed by atoms with Crippen LogP contribution in [0.1, 0.15) is 31.5 Å². The Morgan fingerprint density at radius 2 is 2.38 bits per heavy atom. The lowest BCUT2D eigenvalue weighted by Gasteiger charge is -2.21. The van der Waals surface area contributed by atoms with Crippen molar-refractivity contribution >= 4 is 16.9 Å². The molecule has 2 heterocycles. The van der Waals surface area contributed by atoms with Gasteiger partial charge in [0.25, 0.3) is 0 Å². The second-order valence-corrected chi connectivity index (χ2v) is 5.33. The van der Waals surface area contributed by atoms with Crippen LogP contribution in [0.4, 0.5) is 0 Å². The quantitative estimate of drug-likeness (QED) is 0.847. The molecule has 16 heavy (non-hydrogen) atoms. The van der Waals surface area contributed by atoms with Gasteiger partial charge in [-0.3, -0.25) is 4.99 Å². The molecule has 0 radical (unpaired) electrons. The van der Waals surface area contributed by atoms with Crippen molar-refractivity contribution < 1.29 is 4.52 Å². The summed E-state index contributed by atoms with van der Waals surface area (Å²) >= 11 is 1.81. The summed E-state index contributed by atoms with van der Waals surface area (Å²) in [5, 5.41) is 8.33. The van der Waals surface area contributed by atoms with Crippen molar-refractivity contribution in [3.05, 3.63) is 12.2 Å². The fourth-order valence-corrected chi connectivity index (χ4v) is 3.53. The Kier molecular flexibility index (Phi) is 2.59. The summed E-state index contributed by atoms with van der Waals surface area (Å²) in [5.41, 5.74) is 0.334. The topological polar surface area (TPSA) is 63.3 Å². The highest BCUT2D eigenvalue weighted by molar-refractivity contribution is 8.14. The van der Waals surface area contributed by atoms with Crippen molar-refractivity contribution in [2.75, 3.05) is 5.75 Å². The minimum atomic E-state index is 0.334. The first-order valence-electron chi connectivity index (χ1n) is 5.57. The number of hydrogen-bond acceptors (Lipinski definition) is 5. The number of amidine groups is 1. The number of nitrogens with one attached hydrogen (secondary N) is 1. The highest BCUT2D eigenvalue weighted by Gasteiger charge is 2.39. The number of hydrogen-bond donors (Lipinski definition) is 1. The Bertz CT molecular complexity index is 384. The third-order valence-corrected chi connectivity index (χ3v) is 4.39. The lowest BCUT2D eigenvalue weighted by molar-refractivity contribution is 0.410. The summed E-state index contributed by atoms with van der Waals surface area (Å²) in [5.74, 6) is 1.79. The molecule has 5 nitrogen and oxygen atoms in total. The maximum atomic E-state index is 4.67. The van der Waals surface area contributed by atoms with Crippen LogP contribution >= 0.6 is 11.8 Å². The molecular formula is C10H14N4OS. The molecule has 2 fully saturated rings. The first-order valence-corrected chi connectivity index (χ1v) is 6.56. The number of aliphatic imine (C=N–C) groups is 1. The molecule has 0 amide bonds. The Morgan fingerprint density at radius 1 is 1.50 bits per heavy atom. The lowest BCUT2D eigenvalue weighted by atomic mass is 10.0. The van der Waals surface area contributed by atoms with E-state index in [2.05, 4.69) is 25.0 Å². The summed E-state index contributed by atoms with van der Waals surface area (Å²) in [6.07, 6.45) is 6.57. The van der Waals surface area contributed by atoms with E-state index in [0.717, 1.165) is 10.9 Å². The van der Waals surface area contributed by atoms with Gasteiger partial charge in [0.05, 0.1) is 0 Å². The molecule has 0 bridgehead atoms. The van der Waals surface area contributed by atoms with Gasteiger partial charge in [-0.25, -0.2) is 0 Å². The van der Waals surface area contributed by atoms with E-state index in [0.29, 0.717) is 17.9 Å². The third-order valence-electron chi connectivity index (χ3n) is 3.19. The van der Waals surface area contributed by atoms with E-state index in [1.165, 1.54) is 32.1 Å². The zero-order valence-electron chi connectivity index (χ0n) is 8.98. The van der Waals surface area contributed by atoms with Crippen LogP contribution in [0.5, 0.6) is 0 Å². The van der Waals surface area contributed by atoms with E-state index >= 15 is 0 Å². The summed E-state index contributed by atoms with van der Waals surface area (Å²) in [4.78, 5) is 8.41. The van der Waals surface area contributed by atoms with Gasteiger partial charge in [-0.05, 0) is 12.8 Å². The Balaban J connectivity index is 1.62. The molecule has 3 rings (SSSR count). The zero-order chi connectivity index (χ0) is 10.8. The van der Waals surface area contributed by atoms with E-state index in [1.54, 1.807) is 0 Å². The minimum absolute atomic E-state index is 0.334. The first-order chi connectivity index (χ1) is 7.86. The Hall–Kier alpha value is -1.04. The second-order valence-electron chi connectivity index (χ2n) is 4.37. The number of aromatic nitrogens is 2. The minimum Gasteiger partial charge on any atom is -0.359 e. The van der Waals surface area contributed by atoms with Gasteiger partial charge >= 0.3 is 0 Å². The van der Waals surface area contributed by atoms with E-state index in [9.17, 15) is 0 Å². The molecule has 1 saturated carbocycles. The summed E-state index contributed by atoms with van der Waals surface area (Å²) in [6, 6.07) is 0. The fourth-order valence-electron chi connectivity index (χ4n) is 2.32. The fraction of sp³-hybridized carbons (Fsp3) is 0.700. The molecular weight excluding hydrogens is 224 g/mol. The molecule has 1 aliphatic heterocycles. The molecule has 6 heteroatoms. The number of rotatable bonds is 2. The molecule has 86 valence electrons. The average molecular weight is 238 g/mol. The predicted molar refractivity (Wildman–Crippen MR) is 62.2 cm³/mol. The van der Waals surface area contributed by atoms with Crippen LogP contribution in [-0.2, 0) is 6.54 Å². The Labute approximate surface area is 98.1 Å². The van der Waals surface area contributed by atoms with Gasteiger partial charge in [0.1, 0.15) is 6.54 Å². The van der Waals surface area contributed by atoms with Crippen LogP contribution in [0.3, 0.4) is 0 Å². The maximum absolute atomic E-state index is 4.67. The lowest BCUT2D eigenvalue weighted by Crippen LogP contribution is -2.40. The standard InChI is InChI=1S/C10H14N4OS/c1-2-4-10(3-1)6-16-9(13-10)11-5-8-12-7-15-14-8/h7H,1-6H2,(H,11,13). The van der Waals surface area contributed by atoms with Crippen molar-refractivity contribution in [3.8, 4) is 0 Å². The molecule has 1 aromatic rings. The largest absolute Gasteiger partial charge is 0.359 e. The molecule has 1 N–H and O–H groups in total. The monoisotopic (exact) mass is 238 g/mol. The van der Waals surface area contributed by atoms with Gasteiger partial charge < -0.3 is 9.84 Å². The third kappa shape index (κ3) is 1.93. The van der Waals surface area contributed by atoms with E-state index in [4.69, 9.17) is 0 Å². The number of thioether (sulfide) groups is 1. The van der Waals surface area contributed by atoms with Gasteiger partial charge in [-0.15, -0.1) is 0 Å². The number of nitrogens with zero attached hydrogens (tertiary/aromatic N) is 3. The molecule has 1 aliphatic carbocycles.